The lowest BCUT2D eigenvalue weighted by Gasteiger charge is -2.23. The van der Waals surface area contributed by atoms with Crippen LogP contribution in [0.2, 0.25) is 0 Å². The van der Waals surface area contributed by atoms with Crippen molar-refractivity contribution in [2.24, 2.45) is 0 Å². The van der Waals surface area contributed by atoms with Crippen LogP contribution in [0.5, 0.6) is 5.75 Å². The minimum Gasteiger partial charge on any atom is -0.496 e. The van der Waals surface area contributed by atoms with Gasteiger partial charge >= 0.3 is 0 Å². The predicted octanol–water partition coefficient (Wildman–Crippen LogP) is 1.17. The van der Waals surface area contributed by atoms with E-state index in [4.69, 9.17) is 4.74 Å². The van der Waals surface area contributed by atoms with Gasteiger partial charge in [-0.15, -0.1) is 5.10 Å². The lowest BCUT2D eigenvalue weighted by atomic mass is 10.1. The van der Waals surface area contributed by atoms with Gasteiger partial charge in [-0.3, -0.25) is 9.59 Å². The summed E-state index contributed by atoms with van der Waals surface area (Å²) >= 11 is 0. The molecule has 0 saturated carbocycles. The maximum atomic E-state index is 12.7. The number of likely N-dealkylation sites (N-methyl/N-ethyl adjacent to an activating group) is 1. The van der Waals surface area contributed by atoms with Crippen LogP contribution in [-0.2, 0) is 4.79 Å². The highest BCUT2D eigenvalue weighted by molar-refractivity contribution is 5.96. The monoisotopic (exact) mass is 374 g/mol. The molecule has 0 aliphatic rings. The average molecular weight is 374 g/mol. The lowest BCUT2D eigenvalue weighted by molar-refractivity contribution is -0.133. The number of methoxy groups -OCH3 is 1. The number of hydrogen-bond acceptors (Lipinski definition) is 6. The quantitative estimate of drug-likeness (QED) is 0.689. The van der Waals surface area contributed by atoms with E-state index in [0.717, 1.165) is 5.56 Å². The zero-order chi connectivity index (χ0) is 20.0. The summed E-state index contributed by atoms with van der Waals surface area (Å²) in [6.07, 6.45) is 2.08. The fourth-order valence-corrected chi connectivity index (χ4v) is 2.81. The number of benzene rings is 1. The number of amides is 2. The molecule has 0 aliphatic heterocycles. The van der Waals surface area contributed by atoms with E-state index in [1.165, 1.54) is 11.0 Å². The second-order valence-electron chi connectivity index (χ2n) is 6.44. The summed E-state index contributed by atoms with van der Waals surface area (Å²) in [6, 6.07) is 4.96. The van der Waals surface area contributed by atoms with Crippen molar-refractivity contribution in [2.45, 2.75) is 26.3 Å². The number of nitrogens with zero attached hydrogens (tertiary/aromatic N) is 6. The first-order valence-electron chi connectivity index (χ1n) is 8.73. The van der Waals surface area contributed by atoms with Crippen molar-refractivity contribution < 1.29 is 14.3 Å². The molecule has 0 unspecified atom stereocenters. The minimum absolute atomic E-state index is 0.0672. The van der Waals surface area contributed by atoms with Crippen LogP contribution in [0, 0.1) is 6.92 Å². The average Bonchev–Trinajstić information content (AvgIpc) is 3.21. The van der Waals surface area contributed by atoms with Gasteiger partial charge in [0.05, 0.1) is 7.11 Å². The molecule has 27 heavy (non-hydrogen) atoms. The van der Waals surface area contributed by atoms with Crippen molar-refractivity contribution in [1.82, 2.24) is 30.0 Å². The van der Waals surface area contributed by atoms with Crippen molar-refractivity contribution in [2.75, 3.05) is 34.3 Å². The van der Waals surface area contributed by atoms with Gasteiger partial charge < -0.3 is 14.5 Å². The normalized spacial score (nSPS) is 11.7. The molecule has 0 radical (unpaired) electrons. The van der Waals surface area contributed by atoms with E-state index in [1.807, 2.05) is 13.0 Å². The van der Waals surface area contributed by atoms with Gasteiger partial charge in [0.25, 0.3) is 5.91 Å². The third-order valence-electron chi connectivity index (χ3n) is 4.56. The summed E-state index contributed by atoms with van der Waals surface area (Å²) < 4.78 is 6.69. The molecule has 2 rings (SSSR count). The van der Waals surface area contributed by atoms with Gasteiger partial charge in [0, 0.05) is 38.3 Å². The maximum Gasteiger partial charge on any atom is 0.254 e. The third-order valence-corrected chi connectivity index (χ3v) is 4.56. The van der Waals surface area contributed by atoms with E-state index in [9.17, 15) is 9.59 Å². The predicted molar refractivity (Wildman–Crippen MR) is 99.5 cm³/mol. The van der Waals surface area contributed by atoms with Crippen molar-refractivity contribution in [3.05, 3.63) is 35.7 Å². The molecule has 146 valence electrons. The van der Waals surface area contributed by atoms with Crippen molar-refractivity contribution in [1.29, 1.82) is 0 Å². The van der Waals surface area contributed by atoms with Gasteiger partial charge in [-0.2, -0.15) is 0 Å². The Labute approximate surface area is 158 Å². The Balaban J connectivity index is 1.87. The Morgan fingerprint density at radius 2 is 1.93 bits per heavy atom. The van der Waals surface area contributed by atoms with Crippen molar-refractivity contribution >= 4 is 11.8 Å². The summed E-state index contributed by atoms with van der Waals surface area (Å²) in [4.78, 5) is 28.4. The first kappa shape index (κ1) is 20.3. The molecule has 2 aromatic rings. The zero-order valence-electron chi connectivity index (χ0n) is 16.4. The van der Waals surface area contributed by atoms with Gasteiger partial charge in [0.15, 0.2) is 0 Å². The number of carbonyl (C=O) groups excluding carboxylic acids is 2. The number of tetrazole rings is 1. The van der Waals surface area contributed by atoms with E-state index >= 15 is 0 Å². The van der Waals surface area contributed by atoms with Crippen LogP contribution in [0.15, 0.2) is 24.5 Å². The van der Waals surface area contributed by atoms with Crippen LogP contribution in [0.25, 0.3) is 0 Å². The van der Waals surface area contributed by atoms with Crippen LogP contribution in [0.4, 0.5) is 0 Å². The molecule has 1 aromatic heterocycles. The van der Waals surface area contributed by atoms with Crippen LogP contribution >= 0.6 is 0 Å². The number of aromatic nitrogens is 4. The lowest BCUT2D eigenvalue weighted by Crippen LogP contribution is -2.36. The molecule has 2 amide bonds. The molecule has 9 heteroatoms. The zero-order valence-corrected chi connectivity index (χ0v) is 16.4. The molecule has 0 bridgehead atoms. The highest BCUT2D eigenvalue weighted by Crippen LogP contribution is 2.22. The molecule has 9 nitrogen and oxygen atoms in total. The summed E-state index contributed by atoms with van der Waals surface area (Å²) in [5.74, 6) is 0.540. The van der Waals surface area contributed by atoms with Gasteiger partial charge in [-0.25, -0.2) is 4.68 Å². The molecule has 0 fully saturated rings. The molecule has 0 saturated heterocycles. The van der Waals surface area contributed by atoms with Gasteiger partial charge in [0.1, 0.15) is 18.1 Å². The second-order valence-corrected chi connectivity index (χ2v) is 6.44. The number of rotatable bonds is 8. The molecule has 0 aliphatic carbocycles. The fourth-order valence-electron chi connectivity index (χ4n) is 2.81. The Morgan fingerprint density at radius 3 is 2.56 bits per heavy atom. The number of hydrogen-bond donors (Lipinski definition) is 0. The van der Waals surface area contributed by atoms with Crippen LogP contribution in [0.1, 0.15) is 35.3 Å². The summed E-state index contributed by atoms with van der Waals surface area (Å²) in [5, 5.41) is 10.8. The van der Waals surface area contributed by atoms with E-state index < -0.39 is 6.04 Å². The Hall–Kier alpha value is -2.97. The minimum atomic E-state index is -0.469. The Bertz CT molecular complexity index is 777. The summed E-state index contributed by atoms with van der Waals surface area (Å²) in [7, 11) is 5.08. The van der Waals surface area contributed by atoms with Crippen molar-refractivity contribution in [3.63, 3.8) is 0 Å². The fraction of sp³-hybridized carbons (Fsp3) is 0.500. The molecule has 0 spiro atoms. The third kappa shape index (κ3) is 4.81. The molecule has 1 aromatic carbocycles. The molecule has 1 heterocycles. The summed E-state index contributed by atoms with van der Waals surface area (Å²) in [5.41, 5.74) is 1.44. The maximum absolute atomic E-state index is 12.7. The smallest absolute Gasteiger partial charge is 0.254 e. The van der Waals surface area contributed by atoms with Crippen LogP contribution in [0.3, 0.4) is 0 Å². The first-order chi connectivity index (χ1) is 12.9. The van der Waals surface area contributed by atoms with Crippen molar-refractivity contribution in [3.8, 4) is 5.75 Å². The molecular formula is C18H26N6O3. The molecule has 0 N–H and O–H groups in total. The van der Waals surface area contributed by atoms with Gasteiger partial charge in [-0.05, 0) is 42.8 Å². The van der Waals surface area contributed by atoms with Gasteiger partial charge in [-0.1, -0.05) is 6.07 Å². The van der Waals surface area contributed by atoms with Gasteiger partial charge in [0.2, 0.25) is 5.91 Å². The number of ether oxygens (including phenoxy) is 1. The van der Waals surface area contributed by atoms with E-state index in [0.29, 0.717) is 30.8 Å². The van der Waals surface area contributed by atoms with E-state index in [2.05, 4.69) is 15.5 Å². The highest BCUT2D eigenvalue weighted by atomic mass is 16.5. The largest absolute Gasteiger partial charge is 0.496 e. The second kappa shape index (κ2) is 9.11. The highest BCUT2D eigenvalue weighted by Gasteiger charge is 2.21. The number of carbonyl (C=O) groups is 2. The first-order valence-corrected chi connectivity index (χ1v) is 8.73. The SMILES string of the molecule is COc1cccc(C(=O)N(C)CCCN(C)C(=O)[C@H](C)n2cnnn2)c1C. The topological polar surface area (TPSA) is 93.5 Å². The Kier molecular flexibility index (Phi) is 6.86. The Morgan fingerprint density at radius 1 is 1.22 bits per heavy atom. The van der Waals surface area contributed by atoms with Crippen LogP contribution < -0.4 is 4.74 Å². The van der Waals surface area contributed by atoms with E-state index in [1.54, 1.807) is 50.1 Å². The standard InChI is InChI=1S/C18H26N6O3/c1-13-15(8-6-9-16(13)27-5)18(26)23(4)11-7-10-22(3)17(25)14(2)24-12-19-20-21-24/h6,8-9,12,14H,7,10-11H2,1-5H3/t14-/m0/s1. The molecule has 1 atom stereocenters. The molecular weight excluding hydrogens is 348 g/mol. The van der Waals surface area contributed by atoms with E-state index in [-0.39, 0.29) is 11.8 Å². The van der Waals surface area contributed by atoms with Crippen LogP contribution in [-0.4, -0.2) is 76.1 Å². The summed E-state index contributed by atoms with van der Waals surface area (Å²) in [6.45, 7) is 4.68.